The molecular weight excluding hydrogens is 304 g/mol. The van der Waals surface area contributed by atoms with E-state index < -0.39 is 0 Å². The topological polar surface area (TPSA) is 49.9 Å². The molecule has 1 aromatic carbocycles. The third kappa shape index (κ3) is 3.61. The van der Waals surface area contributed by atoms with Crippen molar-refractivity contribution < 1.29 is 14.3 Å². The number of morpholine rings is 1. The van der Waals surface area contributed by atoms with Gasteiger partial charge in [-0.05, 0) is 38.3 Å². The van der Waals surface area contributed by atoms with Crippen molar-refractivity contribution in [3.05, 3.63) is 34.9 Å². The van der Waals surface area contributed by atoms with Crippen molar-refractivity contribution in [1.29, 1.82) is 0 Å². The largest absolute Gasteiger partial charge is 0.378 e. The van der Waals surface area contributed by atoms with Crippen LogP contribution in [0.15, 0.2) is 18.2 Å². The maximum atomic E-state index is 12.8. The van der Waals surface area contributed by atoms with E-state index in [1.807, 2.05) is 41.8 Å². The van der Waals surface area contributed by atoms with E-state index in [9.17, 15) is 9.59 Å². The number of hydrogen-bond donors (Lipinski definition) is 0. The molecule has 2 aliphatic heterocycles. The quantitative estimate of drug-likeness (QED) is 0.783. The highest BCUT2D eigenvalue weighted by Crippen LogP contribution is 2.24. The fourth-order valence-electron chi connectivity index (χ4n) is 3.51. The van der Waals surface area contributed by atoms with Crippen molar-refractivity contribution in [3.63, 3.8) is 0 Å². The van der Waals surface area contributed by atoms with Crippen LogP contribution in [0.4, 0.5) is 4.79 Å². The molecule has 0 aromatic heterocycles. The summed E-state index contributed by atoms with van der Waals surface area (Å²) in [7, 11) is 0. The number of hydrogen-bond acceptors (Lipinski definition) is 3. The molecule has 0 spiro atoms. The standard InChI is InChI=1S/C19H26N2O3/c1-14-3-4-15(2)17(13-14)18(22)16-5-7-20(8-6-16)19(23)21-9-11-24-12-10-21/h3-4,13,16H,5-12H2,1-2H3. The van der Waals surface area contributed by atoms with Crippen molar-refractivity contribution in [1.82, 2.24) is 9.80 Å². The van der Waals surface area contributed by atoms with E-state index in [0.717, 1.165) is 29.5 Å². The number of nitrogens with zero attached hydrogens (tertiary/aromatic N) is 2. The molecule has 2 aliphatic rings. The Morgan fingerprint density at radius 3 is 2.29 bits per heavy atom. The molecule has 0 unspecified atom stereocenters. The first-order valence-electron chi connectivity index (χ1n) is 8.79. The Kier molecular flexibility index (Phi) is 5.19. The molecule has 0 aliphatic carbocycles. The Labute approximate surface area is 143 Å². The summed E-state index contributed by atoms with van der Waals surface area (Å²) in [5, 5.41) is 0. The Morgan fingerprint density at radius 2 is 1.62 bits per heavy atom. The van der Waals surface area contributed by atoms with Crippen LogP contribution in [0.5, 0.6) is 0 Å². The summed E-state index contributed by atoms with van der Waals surface area (Å²) in [5.41, 5.74) is 2.99. The molecule has 5 nitrogen and oxygen atoms in total. The number of carbonyl (C=O) groups is 2. The number of amides is 2. The summed E-state index contributed by atoms with van der Waals surface area (Å²) in [4.78, 5) is 29.1. The molecule has 3 rings (SSSR count). The number of aryl methyl sites for hydroxylation is 2. The second-order valence-corrected chi connectivity index (χ2v) is 6.83. The molecule has 1 aromatic rings. The first-order chi connectivity index (χ1) is 11.6. The van der Waals surface area contributed by atoms with Crippen molar-refractivity contribution in [2.24, 2.45) is 5.92 Å². The normalized spacial score (nSPS) is 19.4. The van der Waals surface area contributed by atoms with Gasteiger partial charge in [-0.25, -0.2) is 4.79 Å². The Balaban J connectivity index is 1.59. The van der Waals surface area contributed by atoms with E-state index >= 15 is 0 Å². The molecule has 2 heterocycles. The van der Waals surface area contributed by atoms with Gasteiger partial charge in [0.25, 0.3) is 0 Å². The highest BCUT2D eigenvalue weighted by Gasteiger charge is 2.30. The lowest BCUT2D eigenvalue weighted by atomic mass is 9.87. The van der Waals surface area contributed by atoms with E-state index in [1.165, 1.54) is 0 Å². The van der Waals surface area contributed by atoms with Crippen LogP contribution in [0.25, 0.3) is 0 Å². The minimum atomic E-state index is 0.0271. The van der Waals surface area contributed by atoms with Gasteiger partial charge >= 0.3 is 6.03 Å². The summed E-state index contributed by atoms with van der Waals surface area (Å²) in [5.74, 6) is 0.258. The van der Waals surface area contributed by atoms with Gasteiger partial charge in [-0.2, -0.15) is 0 Å². The zero-order chi connectivity index (χ0) is 17.1. The molecule has 0 saturated carbocycles. The summed E-state index contributed by atoms with van der Waals surface area (Å²) >= 11 is 0. The lowest BCUT2D eigenvalue weighted by Crippen LogP contribution is -2.50. The molecule has 0 N–H and O–H groups in total. The van der Waals surface area contributed by atoms with Gasteiger partial charge in [0.2, 0.25) is 0 Å². The molecule has 0 bridgehead atoms. The van der Waals surface area contributed by atoms with Crippen molar-refractivity contribution >= 4 is 11.8 Å². The molecule has 24 heavy (non-hydrogen) atoms. The van der Waals surface area contributed by atoms with E-state index in [4.69, 9.17) is 4.74 Å². The fourth-order valence-corrected chi connectivity index (χ4v) is 3.51. The average molecular weight is 330 g/mol. The van der Waals surface area contributed by atoms with Crippen molar-refractivity contribution in [2.75, 3.05) is 39.4 Å². The summed E-state index contributed by atoms with van der Waals surface area (Å²) in [6, 6.07) is 6.13. The highest BCUT2D eigenvalue weighted by atomic mass is 16.5. The van der Waals surface area contributed by atoms with Gasteiger partial charge in [0.1, 0.15) is 0 Å². The van der Waals surface area contributed by atoms with Gasteiger partial charge in [-0.3, -0.25) is 4.79 Å². The number of ketones is 1. The fraction of sp³-hybridized carbons (Fsp3) is 0.579. The predicted octanol–water partition coefficient (Wildman–Crippen LogP) is 2.65. The van der Waals surface area contributed by atoms with E-state index in [0.29, 0.717) is 39.4 Å². The Hall–Kier alpha value is -1.88. The van der Waals surface area contributed by atoms with Crippen molar-refractivity contribution in [2.45, 2.75) is 26.7 Å². The molecule has 0 atom stereocenters. The first-order valence-corrected chi connectivity index (χ1v) is 8.79. The van der Waals surface area contributed by atoms with Crippen LogP contribution in [0, 0.1) is 19.8 Å². The molecule has 0 radical (unpaired) electrons. The minimum absolute atomic E-state index is 0.0271. The zero-order valence-electron chi connectivity index (χ0n) is 14.6. The Morgan fingerprint density at radius 1 is 1.00 bits per heavy atom. The molecule has 2 fully saturated rings. The van der Waals surface area contributed by atoms with Gasteiger partial charge in [0, 0.05) is 37.7 Å². The van der Waals surface area contributed by atoms with Crippen LogP contribution >= 0.6 is 0 Å². The SMILES string of the molecule is Cc1ccc(C)c(C(=O)C2CCN(C(=O)N3CCOCC3)CC2)c1. The molecule has 2 saturated heterocycles. The molecule has 2 amide bonds. The first kappa shape index (κ1) is 17.0. The number of likely N-dealkylation sites (tertiary alicyclic amines) is 1. The third-order valence-electron chi connectivity index (χ3n) is 5.08. The van der Waals surface area contributed by atoms with Crippen molar-refractivity contribution in [3.8, 4) is 0 Å². The van der Waals surface area contributed by atoms with Gasteiger partial charge in [-0.15, -0.1) is 0 Å². The minimum Gasteiger partial charge on any atom is -0.378 e. The molecular formula is C19H26N2O3. The van der Waals surface area contributed by atoms with Gasteiger partial charge in [0.15, 0.2) is 5.78 Å². The number of carbonyl (C=O) groups excluding carboxylic acids is 2. The summed E-state index contributed by atoms with van der Waals surface area (Å²) < 4.78 is 5.30. The smallest absolute Gasteiger partial charge is 0.320 e. The van der Waals surface area contributed by atoms with Gasteiger partial charge in [0.05, 0.1) is 13.2 Å². The lowest BCUT2D eigenvalue weighted by Gasteiger charge is -2.36. The van der Waals surface area contributed by atoms with Gasteiger partial charge < -0.3 is 14.5 Å². The summed E-state index contributed by atoms with van der Waals surface area (Å²) in [6.45, 7) is 7.90. The third-order valence-corrected chi connectivity index (χ3v) is 5.08. The van der Waals surface area contributed by atoms with Crippen LogP contribution in [-0.4, -0.2) is 61.0 Å². The van der Waals surface area contributed by atoms with Crippen LogP contribution in [-0.2, 0) is 4.74 Å². The number of urea groups is 1. The summed E-state index contributed by atoms with van der Waals surface area (Å²) in [6.07, 6.45) is 1.50. The number of Topliss-reactive ketones (excluding diaryl/α,β-unsaturated/α-hetero) is 1. The second-order valence-electron chi connectivity index (χ2n) is 6.83. The average Bonchev–Trinajstić information content (AvgIpc) is 2.63. The maximum absolute atomic E-state index is 12.8. The molecule has 5 heteroatoms. The van der Waals surface area contributed by atoms with Crippen LogP contribution in [0.3, 0.4) is 0 Å². The zero-order valence-corrected chi connectivity index (χ0v) is 14.6. The van der Waals surface area contributed by atoms with E-state index in [1.54, 1.807) is 0 Å². The monoisotopic (exact) mass is 330 g/mol. The lowest BCUT2D eigenvalue weighted by molar-refractivity contribution is 0.0397. The Bertz CT molecular complexity index is 615. The van der Waals surface area contributed by atoms with E-state index in [-0.39, 0.29) is 17.7 Å². The van der Waals surface area contributed by atoms with Crippen LogP contribution in [0.1, 0.15) is 34.3 Å². The van der Waals surface area contributed by atoms with E-state index in [2.05, 4.69) is 0 Å². The predicted molar refractivity (Wildman–Crippen MR) is 92.3 cm³/mol. The van der Waals surface area contributed by atoms with Crippen LogP contribution < -0.4 is 0 Å². The van der Waals surface area contributed by atoms with Gasteiger partial charge in [-0.1, -0.05) is 17.7 Å². The number of rotatable bonds is 2. The highest BCUT2D eigenvalue weighted by molar-refractivity contribution is 5.99. The van der Waals surface area contributed by atoms with Crippen LogP contribution in [0.2, 0.25) is 0 Å². The maximum Gasteiger partial charge on any atom is 0.320 e. The number of benzene rings is 1. The number of ether oxygens (including phenoxy) is 1. The molecule has 130 valence electrons. The second kappa shape index (κ2) is 7.34. The number of piperidine rings is 1.